The highest BCUT2D eigenvalue weighted by atomic mass is 35.5. The number of hydrogen-bond acceptors (Lipinski definition) is 9. The van der Waals surface area contributed by atoms with Gasteiger partial charge < -0.3 is 24.8 Å². The highest BCUT2D eigenvalue weighted by molar-refractivity contribution is 6.33. The van der Waals surface area contributed by atoms with Crippen LogP contribution in [0.3, 0.4) is 0 Å². The van der Waals surface area contributed by atoms with Crippen LogP contribution in [0.5, 0.6) is 11.5 Å². The average Bonchev–Trinajstić information content (AvgIpc) is 2.87. The topological polar surface area (TPSA) is 170 Å². The zero-order chi connectivity index (χ0) is 27.8. The number of esters is 1. The smallest absolute Gasteiger partial charge is 0.338 e. The summed E-state index contributed by atoms with van der Waals surface area (Å²) in [5, 5.41) is 20.1. The predicted octanol–water partition coefficient (Wildman–Crippen LogP) is 2.98. The number of methoxy groups -OCH3 is 1. The highest BCUT2D eigenvalue weighted by Gasteiger charge is 2.32. The van der Waals surface area contributed by atoms with E-state index in [1.807, 2.05) is 0 Å². The number of nitrogens with one attached hydrogen (secondary N) is 3. The summed E-state index contributed by atoms with van der Waals surface area (Å²) in [6.45, 7) is 3.00. The molecule has 0 fully saturated rings. The van der Waals surface area contributed by atoms with Crippen LogP contribution in [0.1, 0.15) is 31.0 Å². The van der Waals surface area contributed by atoms with Crippen LogP contribution in [0.15, 0.2) is 52.8 Å². The fourth-order valence-electron chi connectivity index (χ4n) is 3.50. The van der Waals surface area contributed by atoms with E-state index in [9.17, 15) is 24.5 Å². The number of hydrazone groups is 1. The van der Waals surface area contributed by atoms with Gasteiger partial charge in [-0.3, -0.25) is 14.9 Å². The zero-order valence-electron chi connectivity index (χ0n) is 20.6. The minimum atomic E-state index is -0.802. The molecule has 1 heterocycles. The van der Waals surface area contributed by atoms with E-state index in [1.54, 1.807) is 26.0 Å². The van der Waals surface area contributed by atoms with Crippen molar-refractivity contribution in [1.29, 1.82) is 0 Å². The number of carbonyl (C=O) groups is 3. The van der Waals surface area contributed by atoms with Gasteiger partial charge in [0.2, 0.25) is 0 Å². The number of amides is 3. The maximum absolute atomic E-state index is 12.5. The number of hydrogen-bond donors (Lipinski definition) is 3. The number of rotatable bonds is 10. The van der Waals surface area contributed by atoms with Crippen LogP contribution in [0.2, 0.25) is 5.02 Å². The number of halogens is 1. The Morgan fingerprint density at radius 2 is 2.00 bits per heavy atom. The lowest BCUT2D eigenvalue weighted by molar-refractivity contribution is -0.384. The highest BCUT2D eigenvalue weighted by Crippen LogP contribution is 2.34. The Hall–Kier alpha value is -4.65. The molecular weight excluding hydrogens is 522 g/mol. The first-order valence-corrected chi connectivity index (χ1v) is 11.5. The van der Waals surface area contributed by atoms with Crippen molar-refractivity contribution in [2.45, 2.75) is 19.9 Å². The Bertz CT molecular complexity index is 1330. The van der Waals surface area contributed by atoms with E-state index in [4.69, 9.17) is 25.8 Å². The van der Waals surface area contributed by atoms with Crippen molar-refractivity contribution in [2.75, 3.05) is 20.3 Å². The molecule has 3 rings (SSSR count). The Morgan fingerprint density at radius 1 is 1.24 bits per heavy atom. The van der Waals surface area contributed by atoms with Crippen molar-refractivity contribution in [2.24, 2.45) is 5.10 Å². The molecule has 0 unspecified atom stereocenters. The monoisotopic (exact) mass is 545 g/mol. The molecule has 0 saturated heterocycles. The van der Waals surface area contributed by atoms with Crippen LogP contribution in [0.4, 0.5) is 10.5 Å². The van der Waals surface area contributed by atoms with Gasteiger partial charge in [0.05, 0.1) is 36.5 Å². The number of nitro benzene ring substituents is 1. The third kappa shape index (κ3) is 6.76. The van der Waals surface area contributed by atoms with Gasteiger partial charge in [-0.05, 0) is 37.6 Å². The SMILES string of the molecule is CCOC(=O)C1=C(C)NC(=O)N[C@H]1c1ccc(OCC(=O)N/N=C\c2cc([N+](=O)[O-])ccc2Cl)c(OC)c1. The second-order valence-electron chi connectivity index (χ2n) is 7.75. The normalized spacial score (nSPS) is 14.9. The number of ether oxygens (including phenoxy) is 3. The maximum Gasteiger partial charge on any atom is 0.338 e. The summed E-state index contributed by atoms with van der Waals surface area (Å²) in [5.41, 5.74) is 3.44. The molecule has 13 nitrogen and oxygen atoms in total. The van der Waals surface area contributed by atoms with Gasteiger partial charge in [-0.25, -0.2) is 15.0 Å². The van der Waals surface area contributed by atoms with Gasteiger partial charge in [0.1, 0.15) is 0 Å². The molecule has 0 spiro atoms. The molecule has 38 heavy (non-hydrogen) atoms. The summed E-state index contributed by atoms with van der Waals surface area (Å²) in [6, 6.07) is 7.24. The summed E-state index contributed by atoms with van der Waals surface area (Å²) in [6.07, 6.45) is 1.17. The molecule has 0 bridgehead atoms. The van der Waals surface area contributed by atoms with Crippen molar-refractivity contribution in [1.82, 2.24) is 16.1 Å². The van der Waals surface area contributed by atoms with E-state index in [1.165, 1.54) is 37.6 Å². The van der Waals surface area contributed by atoms with Gasteiger partial charge in [-0.15, -0.1) is 0 Å². The quantitative estimate of drug-likeness (QED) is 0.177. The molecule has 2 aromatic rings. The molecule has 0 radical (unpaired) electrons. The molecule has 14 heteroatoms. The number of non-ortho nitro benzene ring substituents is 1. The molecule has 0 aliphatic carbocycles. The van der Waals surface area contributed by atoms with E-state index in [2.05, 4.69) is 21.2 Å². The number of carbonyl (C=O) groups excluding carboxylic acids is 3. The molecule has 1 atom stereocenters. The maximum atomic E-state index is 12.5. The fourth-order valence-corrected chi connectivity index (χ4v) is 3.67. The Balaban J connectivity index is 1.69. The summed E-state index contributed by atoms with van der Waals surface area (Å²) in [7, 11) is 1.40. The summed E-state index contributed by atoms with van der Waals surface area (Å²) < 4.78 is 16.0. The standard InChI is InChI=1S/C24H24ClN5O8/c1-4-37-23(32)21-13(2)27-24(33)28-22(21)14-5-8-18(19(10-14)36-3)38-12-20(31)29-26-11-15-9-16(30(34)35)6-7-17(15)25/h5-11,22H,4,12H2,1-3H3,(H,29,31)(H2,27,28,33)/b26-11-/t22-/m0/s1. The first-order chi connectivity index (χ1) is 18.1. The summed E-state index contributed by atoms with van der Waals surface area (Å²) in [5.74, 6) is -0.736. The third-order valence-corrected chi connectivity index (χ3v) is 5.57. The van der Waals surface area contributed by atoms with Gasteiger partial charge >= 0.3 is 12.0 Å². The van der Waals surface area contributed by atoms with Crippen molar-refractivity contribution in [3.63, 3.8) is 0 Å². The molecule has 1 aliphatic rings. The van der Waals surface area contributed by atoms with Crippen LogP contribution in [-0.4, -0.2) is 49.4 Å². The third-order valence-electron chi connectivity index (χ3n) is 5.23. The van der Waals surface area contributed by atoms with Crippen LogP contribution < -0.4 is 25.5 Å². The van der Waals surface area contributed by atoms with Crippen molar-refractivity contribution < 1.29 is 33.5 Å². The van der Waals surface area contributed by atoms with Crippen molar-refractivity contribution in [3.8, 4) is 11.5 Å². The van der Waals surface area contributed by atoms with Gasteiger partial charge in [-0.2, -0.15) is 5.10 Å². The minimum Gasteiger partial charge on any atom is -0.493 e. The van der Waals surface area contributed by atoms with Crippen LogP contribution in [-0.2, 0) is 14.3 Å². The second kappa shape index (κ2) is 12.5. The lowest BCUT2D eigenvalue weighted by Gasteiger charge is -2.28. The van der Waals surface area contributed by atoms with Gasteiger partial charge in [0.15, 0.2) is 18.1 Å². The van der Waals surface area contributed by atoms with Gasteiger partial charge in [-0.1, -0.05) is 17.7 Å². The molecule has 2 aromatic carbocycles. The lowest BCUT2D eigenvalue weighted by Crippen LogP contribution is -2.45. The van der Waals surface area contributed by atoms with E-state index in [0.717, 1.165) is 0 Å². The average molecular weight is 546 g/mol. The number of urea groups is 1. The number of allylic oxidation sites excluding steroid dienone is 1. The molecule has 0 aromatic heterocycles. The number of nitrogens with zero attached hydrogens (tertiary/aromatic N) is 2. The van der Waals surface area contributed by atoms with Crippen LogP contribution in [0, 0.1) is 10.1 Å². The molecule has 3 amide bonds. The molecular formula is C24H24ClN5O8. The second-order valence-corrected chi connectivity index (χ2v) is 8.15. The Morgan fingerprint density at radius 3 is 2.68 bits per heavy atom. The first-order valence-electron chi connectivity index (χ1n) is 11.2. The van der Waals surface area contributed by atoms with Gasteiger partial charge in [0, 0.05) is 28.4 Å². The molecule has 1 aliphatic heterocycles. The van der Waals surface area contributed by atoms with Crippen molar-refractivity contribution >= 4 is 41.4 Å². The summed E-state index contributed by atoms with van der Waals surface area (Å²) in [4.78, 5) is 47.1. The molecule has 3 N–H and O–H groups in total. The zero-order valence-corrected chi connectivity index (χ0v) is 21.3. The number of nitro groups is 1. The van der Waals surface area contributed by atoms with E-state index >= 15 is 0 Å². The first kappa shape index (κ1) is 27.9. The van der Waals surface area contributed by atoms with E-state index in [0.29, 0.717) is 11.3 Å². The Labute approximate surface area is 221 Å². The van der Waals surface area contributed by atoms with E-state index in [-0.39, 0.29) is 40.0 Å². The molecule has 200 valence electrons. The molecule has 0 saturated carbocycles. The van der Waals surface area contributed by atoms with Gasteiger partial charge in [0.25, 0.3) is 11.6 Å². The number of benzene rings is 2. The summed E-state index contributed by atoms with van der Waals surface area (Å²) >= 11 is 6.00. The van der Waals surface area contributed by atoms with Crippen LogP contribution >= 0.6 is 11.6 Å². The van der Waals surface area contributed by atoms with Crippen molar-refractivity contribution in [3.05, 3.63) is 73.9 Å². The fraction of sp³-hybridized carbons (Fsp3) is 0.250. The van der Waals surface area contributed by atoms with Crippen LogP contribution in [0.25, 0.3) is 0 Å². The predicted molar refractivity (Wildman–Crippen MR) is 136 cm³/mol. The Kier molecular flexibility index (Phi) is 9.22. The largest absolute Gasteiger partial charge is 0.493 e. The lowest BCUT2D eigenvalue weighted by atomic mass is 9.95. The minimum absolute atomic E-state index is 0.163. The van der Waals surface area contributed by atoms with E-state index < -0.39 is 35.5 Å².